The first-order valence-corrected chi connectivity index (χ1v) is 5.69. The number of hydrogen-bond acceptors (Lipinski definition) is 2. The van der Waals surface area contributed by atoms with Crippen molar-refractivity contribution in [3.8, 4) is 0 Å². The zero-order valence-electron chi connectivity index (χ0n) is 8.73. The van der Waals surface area contributed by atoms with Crippen molar-refractivity contribution >= 4 is 17.4 Å². The molecule has 3 nitrogen and oxygen atoms in total. The fourth-order valence-electron chi connectivity index (χ4n) is 2.35. The van der Waals surface area contributed by atoms with Gasteiger partial charge >= 0.3 is 0 Å². The first-order chi connectivity index (χ1) is 7.75. The Balaban J connectivity index is 1.94. The summed E-state index contributed by atoms with van der Waals surface area (Å²) in [6.45, 7) is 0. The molecule has 0 spiro atoms. The summed E-state index contributed by atoms with van der Waals surface area (Å²) in [5, 5.41) is 4.78. The Labute approximate surface area is 98.8 Å². The van der Waals surface area contributed by atoms with Gasteiger partial charge in [-0.25, -0.2) is 4.68 Å². The topological polar surface area (TPSA) is 43.8 Å². The van der Waals surface area contributed by atoms with Gasteiger partial charge in [-0.05, 0) is 24.0 Å². The van der Waals surface area contributed by atoms with E-state index >= 15 is 0 Å². The monoisotopic (exact) mass is 233 g/mol. The number of nitrogens with two attached hydrogens (primary N) is 1. The smallest absolute Gasteiger partial charge is 0.140 e. The van der Waals surface area contributed by atoms with Crippen LogP contribution in [0.1, 0.15) is 17.2 Å². The maximum Gasteiger partial charge on any atom is 0.140 e. The van der Waals surface area contributed by atoms with Crippen molar-refractivity contribution in [2.24, 2.45) is 0 Å². The van der Waals surface area contributed by atoms with Crippen molar-refractivity contribution in [3.63, 3.8) is 0 Å². The zero-order chi connectivity index (χ0) is 11.1. The van der Waals surface area contributed by atoms with Crippen LogP contribution in [0.25, 0.3) is 0 Å². The Morgan fingerprint density at radius 3 is 2.38 bits per heavy atom. The van der Waals surface area contributed by atoms with E-state index < -0.39 is 0 Å². The molecule has 2 aromatic rings. The summed E-state index contributed by atoms with van der Waals surface area (Å²) in [5.41, 5.74) is 8.66. The maximum absolute atomic E-state index is 5.91. The van der Waals surface area contributed by atoms with E-state index in [1.54, 1.807) is 6.20 Å². The number of nitrogens with zero attached hydrogens (tertiary/aromatic N) is 2. The summed E-state index contributed by atoms with van der Waals surface area (Å²) in [6, 6.07) is 8.78. The van der Waals surface area contributed by atoms with Crippen molar-refractivity contribution in [2.45, 2.75) is 18.9 Å². The number of halogens is 1. The molecule has 0 radical (unpaired) electrons. The maximum atomic E-state index is 5.91. The molecular weight excluding hydrogens is 222 g/mol. The third-order valence-corrected chi connectivity index (χ3v) is 3.45. The highest BCUT2D eigenvalue weighted by Gasteiger charge is 2.24. The van der Waals surface area contributed by atoms with Crippen LogP contribution in [-0.4, -0.2) is 9.78 Å². The summed E-state index contributed by atoms with van der Waals surface area (Å²) in [5.74, 6) is 0.569. The van der Waals surface area contributed by atoms with Crippen LogP contribution in [0.2, 0.25) is 5.02 Å². The average molecular weight is 234 g/mol. The summed E-state index contributed by atoms with van der Waals surface area (Å²) < 4.78 is 1.84. The fraction of sp³-hybridized carbons (Fsp3) is 0.250. The molecule has 16 heavy (non-hydrogen) atoms. The van der Waals surface area contributed by atoms with E-state index in [1.165, 1.54) is 11.1 Å². The number of anilines is 1. The number of rotatable bonds is 1. The van der Waals surface area contributed by atoms with Crippen LogP contribution in [0.4, 0.5) is 5.82 Å². The van der Waals surface area contributed by atoms with E-state index in [9.17, 15) is 0 Å². The van der Waals surface area contributed by atoms with E-state index in [1.807, 2.05) is 4.68 Å². The fourth-order valence-corrected chi connectivity index (χ4v) is 2.48. The Morgan fingerprint density at radius 1 is 1.25 bits per heavy atom. The van der Waals surface area contributed by atoms with E-state index in [-0.39, 0.29) is 0 Å². The van der Waals surface area contributed by atoms with Gasteiger partial charge in [-0.2, -0.15) is 5.10 Å². The van der Waals surface area contributed by atoms with E-state index in [0.29, 0.717) is 16.9 Å². The molecule has 1 aromatic carbocycles. The van der Waals surface area contributed by atoms with E-state index in [4.69, 9.17) is 17.3 Å². The van der Waals surface area contributed by atoms with Crippen LogP contribution in [0.3, 0.4) is 0 Å². The van der Waals surface area contributed by atoms with Crippen LogP contribution in [0.15, 0.2) is 30.5 Å². The van der Waals surface area contributed by atoms with Gasteiger partial charge in [0, 0.05) is 0 Å². The molecule has 0 saturated heterocycles. The highest BCUT2D eigenvalue weighted by Crippen LogP contribution is 2.32. The summed E-state index contributed by atoms with van der Waals surface area (Å²) >= 11 is 5.91. The van der Waals surface area contributed by atoms with Crippen molar-refractivity contribution in [1.82, 2.24) is 9.78 Å². The predicted octanol–water partition coefficient (Wildman–Crippen LogP) is 2.46. The number of aromatic nitrogens is 2. The molecule has 82 valence electrons. The molecule has 1 aliphatic rings. The molecule has 0 amide bonds. The second-order valence-electron chi connectivity index (χ2n) is 4.15. The van der Waals surface area contributed by atoms with Gasteiger partial charge in [-0.1, -0.05) is 35.9 Å². The molecule has 3 rings (SSSR count). The predicted molar refractivity (Wildman–Crippen MR) is 64.5 cm³/mol. The standard InChI is InChI=1S/C12H12ClN3/c13-11-7-15-16(12(11)14)10-5-8-3-1-2-4-9(8)6-10/h1-4,7,10H,5-6,14H2. The second kappa shape index (κ2) is 3.52. The largest absolute Gasteiger partial charge is 0.383 e. The lowest BCUT2D eigenvalue weighted by Crippen LogP contribution is -2.13. The van der Waals surface area contributed by atoms with Gasteiger partial charge in [0.15, 0.2) is 0 Å². The van der Waals surface area contributed by atoms with Crippen molar-refractivity contribution in [2.75, 3.05) is 5.73 Å². The van der Waals surface area contributed by atoms with Crippen LogP contribution in [0.5, 0.6) is 0 Å². The minimum atomic E-state index is 0.310. The van der Waals surface area contributed by atoms with E-state index in [2.05, 4.69) is 29.4 Å². The quantitative estimate of drug-likeness (QED) is 0.822. The SMILES string of the molecule is Nc1c(Cl)cnn1C1Cc2ccccc2C1. The third kappa shape index (κ3) is 1.39. The molecule has 0 aliphatic heterocycles. The van der Waals surface area contributed by atoms with Crippen LogP contribution < -0.4 is 5.73 Å². The lowest BCUT2D eigenvalue weighted by molar-refractivity contribution is 0.482. The number of fused-ring (bicyclic) bond motifs is 1. The molecule has 1 aliphatic carbocycles. The highest BCUT2D eigenvalue weighted by atomic mass is 35.5. The molecule has 0 fully saturated rings. The van der Waals surface area contributed by atoms with Gasteiger partial charge in [0.25, 0.3) is 0 Å². The lowest BCUT2D eigenvalue weighted by atomic mass is 10.1. The van der Waals surface area contributed by atoms with E-state index in [0.717, 1.165) is 12.8 Å². The molecule has 0 atom stereocenters. The Kier molecular flexibility index (Phi) is 2.14. The minimum absolute atomic E-state index is 0.310. The molecule has 1 aromatic heterocycles. The van der Waals surface area contributed by atoms with Gasteiger partial charge in [0.05, 0.1) is 12.2 Å². The first kappa shape index (κ1) is 9.73. The Hall–Kier alpha value is -1.48. The van der Waals surface area contributed by atoms with Gasteiger partial charge < -0.3 is 5.73 Å². The van der Waals surface area contributed by atoms with Gasteiger partial charge in [-0.15, -0.1) is 0 Å². The molecule has 4 heteroatoms. The Morgan fingerprint density at radius 2 is 1.88 bits per heavy atom. The van der Waals surface area contributed by atoms with Crippen molar-refractivity contribution in [1.29, 1.82) is 0 Å². The lowest BCUT2D eigenvalue weighted by Gasteiger charge is -2.11. The molecular formula is C12H12ClN3. The normalized spacial score (nSPS) is 15.3. The summed E-state index contributed by atoms with van der Waals surface area (Å²) in [4.78, 5) is 0. The summed E-state index contributed by atoms with van der Waals surface area (Å²) in [7, 11) is 0. The zero-order valence-corrected chi connectivity index (χ0v) is 9.48. The molecule has 0 saturated carbocycles. The average Bonchev–Trinajstić information content (AvgIpc) is 2.84. The van der Waals surface area contributed by atoms with Crippen molar-refractivity contribution < 1.29 is 0 Å². The first-order valence-electron chi connectivity index (χ1n) is 5.31. The number of nitrogen functional groups attached to an aromatic ring is 1. The molecule has 0 unspecified atom stereocenters. The molecule has 2 N–H and O–H groups in total. The number of benzene rings is 1. The summed E-state index contributed by atoms with van der Waals surface area (Å²) in [6.07, 6.45) is 3.58. The van der Waals surface area contributed by atoms with Crippen LogP contribution in [0, 0.1) is 0 Å². The van der Waals surface area contributed by atoms with Gasteiger partial charge in [0.1, 0.15) is 10.8 Å². The second-order valence-corrected chi connectivity index (χ2v) is 4.56. The third-order valence-electron chi connectivity index (χ3n) is 3.16. The van der Waals surface area contributed by atoms with Gasteiger partial charge in [0.2, 0.25) is 0 Å². The highest BCUT2D eigenvalue weighted by molar-refractivity contribution is 6.32. The Bertz CT molecular complexity index is 508. The number of hydrogen-bond donors (Lipinski definition) is 1. The van der Waals surface area contributed by atoms with Crippen molar-refractivity contribution in [3.05, 3.63) is 46.6 Å². The molecule has 0 bridgehead atoms. The van der Waals surface area contributed by atoms with Gasteiger partial charge in [-0.3, -0.25) is 0 Å². The van der Waals surface area contributed by atoms with Crippen LogP contribution in [-0.2, 0) is 12.8 Å². The van der Waals surface area contributed by atoms with Crippen LogP contribution >= 0.6 is 11.6 Å². The molecule has 1 heterocycles. The minimum Gasteiger partial charge on any atom is -0.383 e.